The van der Waals surface area contributed by atoms with E-state index in [-0.39, 0.29) is 29.8 Å². The van der Waals surface area contributed by atoms with Crippen LogP contribution in [0.5, 0.6) is 5.75 Å². The average molecular weight is 605 g/mol. The largest absolute Gasteiger partial charge is 0.536 e. The molecule has 208 valence electrons. The fourth-order valence-corrected chi connectivity index (χ4v) is 4.05. The van der Waals surface area contributed by atoms with E-state index >= 15 is 0 Å². The van der Waals surface area contributed by atoms with Crippen LogP contribution < -0.4 is 15.6 Å². The summed E-state index contributed by atoms with van der Waals surface area (Å²) in [6, 6.07) is 2.72. The molecule has 2 aromatic rings. The number of halogens is 7. The van der Waals surface area contributed by atoms with Crippen molar-refractivity contribution in [3.05, 3.63) is 58.1 Å². The molecule has 0 saturated carbocycles. The van der Waals surface area contributed by atoms with Crippen molar-refractivity contribution in [1.29, 1.82) is 0 Å². The standard InChI is InChI=1S/C15H10ClF6NO8P2.C2H7NO/c16-9-1-2-12(30-33(28,29)31-32(25,26)27)11(6-9)13(24)23-10-4-7(14(17,18)19)3-8(5-10)15(20,21)22;3-1-2-4/h1-6H,(H,23,24)(H,28,29)(H2,25,26,27);4H,1-3H2. The van der Waals surface area contributed by atoms with Gasteiger partial charge in [0.15, 0.2) is 0 Å². The molecule has 1 unspecified atom stereocenters. The zero-order chi connectivity index (χ0) is 28.8. The summed E-state index contributed by atoms with van der Waals surface area (Å²) in [5.74, 6) is -2.34. The third-order valence-corrected chi connectivity index (χ3v) is 5.92. The fourth-order valence-electron chi connectivity index (χ4n) is 2.26. The van der Waals surface area contributed by atoms with Crippen molar-refractivity contribution in [3.8, 4) is 5.75 Å². The van der Waals surface area contributed by atoms with E-state index in [9.17, 15) is 45.2 Å². The zero-order valence-electron chi connectivity index (χ0n) is 17.8. The summed E-state index contributed by atoms with van der Waals surface area (Å²) < 4.78 is 108. The van der Waals surface area contributed by atoms with Crippen LogP contribution in [-0.4, -0.2) is 38.8 Å². The molecule has 1 atom stereocenters. The van der Waals surface area contributed by atoms with Crippen molar-refractivity contribution >= 4 is 38.8 Å². The highest BCUT2D eigenvalue weighted by atomic mass is 35.5. The van der Waals surface area contributed by atoms with Gasteiger partial charge in [-0.1, -0.05) is 11.6 Å². The van der Waals surface area contributed by atoms with Gasteiger partial charge in [-0.15, -0.1) is 0 Å². The predicted octanol–water partition coefficient (Wildman–Crippen LogP) is 4.16. The number of amides is 1. The van der Waals surface area contributed by atoms with E-state index < -0.39 is 62.0 Å². The second-order valence-electron chi connectivity index (χ2n) is 6.53. The smallest absolute Gasteiger partial charge is 0.403 e. The molecule has 20 heteroatoms. The number of hydrogen-bond acceptors (Lipinski definition) is 7. The maximum Gasteiger partial charge on any atom is 0.536 e. The van der Waals surface area contributed by atoms with Gasteiger partial charge in [0.25, 0.3) is 5.91 Å². The number of benzene rings is 2. The highest BCUT2D eigenvalue weighted by Crippen LogP contribution is 2.57. The lowest BCUT2D eigenvalue weighted by Crippen LogP contribution is -2.16. The molecule has 0 aliphatic heterocycles. The maximum atomic E-state index is 13.0. The normalized spacial score (nSPS) is 13.7. The SMILES string of the molecule is NCCO.O=C(Nc1cc(C(F)(F)F)cc(C(F)(F)F)c1)c1cc(Cl)ccc1OP(=O)(O)OP(=O)(O)O. The van der Waals surface area contributed by atoms with E-state index in [1.807, 2.05) is 0 Å². The number of rotatable bonds is 7. The number of carbonyl (C=O) groups excluding carboxylic acids is 1. The Kier molecular flexibility index (Phi) is 11.1. The first kappa shape index (κ1) is 32.8. The first-order valence-electron chi connectivity index (χ1n) is 9.19. The molecule has 2 rings (SSSR count). The van der Waals surface area contributed by atoms with E-state index in [2.05, 4.69) is 8.83 Å². The maximum absolute atomic E-state index is 13.0. The van der Waals surface area contributed by atoms with Crippen molar-refractivity contribution in [1.82, 2.24) is 0 Å². The third kappa shape index (κ3) is 11.4. The van der Waals surface area contributed by atoms with Gasteiger partial charge in [0, 0.05) is 17.3 Å². The monoisotopic (exact) mass is 604 g/mol. The van der Waals surface area contributed by atoms with Gasteiger partial charge in [0.05, 0.1) is 23.3 Å². The molecular weight excluding hydrogens is 588 g/mol. The minimum atomic E-state index is -5.55. The molecule has 0 aromatic heterocycles. The molecule has 0 fully saturated rings. The molecular formula is C17H17ClF6N2O9P2. The fraction of sp³-hybridized carbons (Fsp3) is 0.235. The molecule has 7 N–H and O–H groups in total. The molecule has 11 nitrogen and oxygen atoms in total. The minimum absolute atomic E-state index is 0.0972. The van der Waals surface area contributed by atoms with Crippen molar-refractivity contribution in [3.63, 3.8) is 0 Å². The summed E-state index contributed by atoms with van der Waals surface area (Å²) in [6.07, 6.45) is -10.4. The lowest BCUT2D eigenvalue weighted by molar-refractivity contribution is -0.143. The van der Waals surface area contributed by atoms with Crippen molar-refractivity contribution < 1.29 is 68.9 Å². The molecule has 37 heavy (non-hydrogen) atoms. The van der Waals surface area contributed by atoms with E-state index in [1.165, 1.54) is 0 Å². The number of carbonyl (C=O) groups is 1. The number of nitrogens with two attached hydrogens (primary N) is 1. The van der Waals surface area contributed by atoms with Crippen LogP contribution in [0.4, 0.5) is 32.0 Å². The quantitative estimate of drug-likeness (QED) is 0.198. The Hall–Kier alpha value is -2.20. The van der Waals surface area contributed by atoms with Gasteiger partial charge in [-0.05, 0) is 36.4 Å². The summed E-state index contributed by atoms with van der Waals surface area (Å²) in [5, 5.41) is 9.27. The lowest BCUT2D eigenvalue weighted by atomic mass is 10.1. The van der Waals surface area contributed by atoms with Gasteiger partial charge in [0.1, 0.15) is 5.75 Å². The number of alkyl halides is 6. The van der Waals surface area contributed by atoms with Crippen LogP contribution >= 0.6 is 27.2 Å². The topological polar surface area (TPSA) is 189 Å². The summed E-state index contributed by atoms with van der Waals surface area (Å²) in [5.41, 5.74) is -0.432. The molecule has 1 amide bonds. The Balaban J connectivity index is 0.00000159. The van der Waals surface area contributed by atoms with Gasteiger partial charge >= 0.3 is 28.0 Å². The highest BCUT2D eigenvalue weighted by molar-refractivity contribution is 7.60. The zero-order valence-corrected chi connectivity index (χ0v) is 20.4. The highest BCUT2D eigenvalue weighted by Gasteiger charge is 2.38. The number of phosphoric acid groups is 2. The van der Waals surface area contributed by atoms with Crippen LogP contribution in [0, 0.1) is 0 Å². The number of hydrogen-bond donors (Lipinski definition) is 6. The Morgan fingerprint density at radius 2 is 1.46 bits per heavy atom. The van der Waals surface area contributed by atoms with Crippen LogP contribution in [-0.2, 0) is 25.8 Å². The second kappa shape index (κ2) is 12.6. The predicted molar refractivity (Wildman–Crippen MR) is 116 cm³/mol. The first-order chi connectivity index (χ1) is 16.7. The number of nitrogens with one attached hydrogen (secondary N) is 1. The Morgan fingerprint density at radius 1 is 0.973 bits per heavy atom. The molecule has 0 bridgehead atoms. The first-order valence-corrected chi connectivity index (χ1v) is 12.6. The van der Waals surface area contributed by atoms with E-state index in [1.54, 1.807) is 5.32 Å². The number of anilines is 1. The van der Waals surface area contributed by atoms with Gasteiger partial charge in [-0.3, -0.25) is 9.69 Å². The Morgan fingerprint density at radius 3 is 1.86 bits per heavy atom. The summed E-state index contributed by atoms with van der Waals surface area (Å²) in [4.78, 5) is 39.2. The molecule has 0 saturated heterocycles. The second-order valence-corrected chi connectivity index (χ2v) is 9.72. The molecule has 0 aliphatic carbocycles. The Labute approximate surface area is 208 Å². The van der Waals surface area contributed by atoms with Gasteiger partial charge in [-0.25, -0.2) is 9.13 Å². The van der Waals surface area contributed by atoms with Gasteiger partial charge in [-0.2, -0.15) is 30.7 Å². The van der Waals surface area contributed by atoms with E-state index in [0.29, 0.717) is 6.54 Å². The minimum Gasteiger partial charge on any atom is -0.403 e. The van der Waals surface area contributed by atoms with Gasteiger partial charge in [0.2, 0.25) is 0 Å². The molecule has 0 aliphatic rings. The van der Waals surface area contributed by atoms with Crippen molar-refractivity contribution in [2.24, 2.45) is 5.73 Å². The number of phosphoric ester groups is 1. The van der Waals surface area contributed by atoms with Crippen LogP contribution in [0.1, 0.15) is 21.5 Å². The molecule has 0 radical (unpaired) electrons. The van der Waals surface area contributed by atoms with Crippen LogP contribution in [0.15, 0.2) is 36.4 Å². The lowest BCUT2D eigenvalue weighted by Gasteiger charge is -2.17. The van der Waals surface area contributed by atoms with Crippen molar-refractivity contribution in [2.75, 3.05) is 18.5 Å². The summed E-state index contributed by atoms with van der Waals surface area (Å²) in [7, 11) is -11.1. The summed E-state index contributed by atoms with van der Waals surface area (Å²) >= 11 is 5.69. The van der Waals surface area contributed by atoms with Crippen LogP contribution in [0.25, 0.3) is 0 Å². The van der Waals surface area contributed by atoms with Crippen LogP contribution in [0.3, 0.4) is 0 Å². The Bertz CT molecular complexity index is 1170. The van der Waals surface area contributed by atoms with E-state index in [0.717, 1.165) is 18.2 Å². The van der Waals surface area contributed by atoms with Crippen LogP contribution in [0.2, 0.25) is 5.02 Å². The third-order valence-electron chi connectivity index (χ3n) is 3.58. The average Bonchev–Trinajstić information content (AvgIpc) is 2.71. The van der Waals surface area contributed by atoms with Crippen molar-refractivity contribution in [2.45, 2.75) is 12.4 Å². The van der Waals surface area contributed by atoms with Gasteiger partial charge < -0.3 is 30.5 Å². The molecule has 0 heterocycles. The number of aliphatic hydroxyl groups excluding tert-OH is 1. The molecule has 0 spiro atoms. The molecule has 2 aromatic carbocycles. The number of aliphatic hydroxyl groups is 1. The summed E-state index contributed by atoms with van der Waals surface area (Å²) in [6.45, 7) is 0.472. The van der Waals surface area contributed by atoms with E-state index in [4.69, 9.17) is 32.2 Å².